The number of nitriles is 1. The molecule has 0 aliphatic carbocycles. The Bertz CT molecular complexity index is 756. The Morgan fingerprint density at radius 2 is 2.13 bits per heavy atom. The standard InChI is InChI=1S/C17H15ClN2O3/c1-11(10-21)20-17(22)12-4-2-5-13(8-12)23-16-7-3-6-15(18)14(16)9-19/h2-8,11,21H,10H2,1H3,(H,20,22). The Balaban J connectivity index is 2.23. The van der Waals surface area contributed by atoms with Gasteiger partial charge < -0.3 is 15.2 Å². The summed E-state index contributed by atoms with van der Waals surface area (Å²) >= 11 is 5.96. The van der Waals surface area contributed by atoms with E-state index < -0.39 is 0 Å². The molecule has 5 nitrogen and oxygen atoms in total. The second kappa shape index (κ2) is 7.63. The average molecular weight is 331 g/mol. The van der Waals surface area contributed by atoms with E-state index in [-0.39, 0.29) is 24.1 Å². The van der Waals surface area contributed by atoms with E-state index in [1.54, 1.807) is 49.4 Å². The zero-order valence-electron chi connectivity index (χ0n) is 12.4. The van der Waals surface area contributed by atoms with Crippen molar-refractivity contribution < 1.29 is 14.6 Å². The maximum atomic E-state index is 12.0. The van der Waals surface area contributed by atoms with Crippen molar-refractivity contribution in [3.63, 3.8) is 0 Å². The number of benzene rings is 2. The second-order valence-corrected chi connectivity index (χ2v) is 5.32. The third-order valence-corrected chi connectivity index (χ3v) is 3.38. The molecule has 2 rings (SSSR count). The molecule has 0 saturated carbocycles. The molecule has 0 fully saturated rings. The molecule has 0 heterocycles. The van der Waals surface area contributed by atoms with Crippen LogP contribution in [-0.4, -0.2) is 23.7 Å². The Labute approximate surface area is 139 Å². The Hall–Kier alpha value is -2.55. The minimum atomic E-state index is -0.342. The summed E-state index contributed by atoms with van der Waals surface area (Å²) in [7, 11) is 0. The van der Waals surface area contributed by atoms with Crippen LogP contribution in [0.15, 0.2) is 42.5 Å². The SMILES string of the molecule is CC(CO)NC(=O)c1cccc(Oc2cccc(Cl)c2C#N)c1. The number of carbonyl (C=O) groups excluding carboxylic acids is 1. The van der Waals surface area contributed by atoms with Crippen LogP contribution >= 0.6 is 11.6 Å². The molecule has 2 aromatic rings. The molecule has 0 aliphatic heterocycles. The number of nitrogens with one attached hydrogen (secondary N) is 1. The van der Waals surface area contributed by atoms with Crippen molar-refractivity contribution in [1.29, 1.82) is 5.26 Å². The molecule has 0 aromatic heterocycles. The summed E-state index contributed by atoms with van der Waals surface area (Å²) in [5, 5.41) is 21.1. The van der Waals surface area contributed by atoms with Gasteiger partial charge in [0.15, 0.2) is 0 Å². The molecule has 1 amide bonds. The van der Waals surface area contributed by atoms with Gasteiger partial charge in [0, 0.05) is 11.6 Å². The summed E-state index contributed by atoms with van der Waals surface area (Å²) in [4.78, 5) is 12.0. The Morgan fingerprint density at radius 3 is 2.83 bits per heavy atom. The maximum absolute atomic E-state index is 12.0. The van der Waals surface area contributed by atoms with E-state index in [0.29, 0.717) is 22.1 Å². The minimum absolute atomic E-state index is 0.143. The molecule has 1 atom stereocenters. The van der Waals surface area contributed by atoms with Gasteiger partial charge in [0.2, 0.25) is 0 Å². The summed E-state index contributed by atoms with van der Waals surface area (Å²) in [6, 6.07) is 13.1. The molecule has 118 valence electrons. The van der Waals surface area contributed by atoms with E-state index in [2.05, 4.69) is 5.32 Å². The molecule has 0 spiro atoms. The first-order valence-electron chi connectivity index (χ1n) is 6.93. The summed E-state index contributed by atoms with van der Waals surface area (Å²) < 4.78 is 5.67. The highest BCUT2D eigenvalue weighted by Gasteiger charge is 2.12. The molecule has 0 saturated heterocycles. The van der Waals surface area contributed by atoms with Crippen LogP contribution in [0.25, 0.3) is 0 Å². The fourth-order valence-electron chi connectivity index (χ4n) is 1.88. The van der Waals surface area contributed by atoms with Gasteiger partial charge in [-0.3, -0.25) is 4.79 Å². The second-order valence-electron chi connectivity index (χ2n) is 4.91. The van der Waals surface area contributed by atoms with Gasteiger partial charge in [-0.2, -0.15) is 5.26 Å². The number of halogens is 1. The van der Waals surface area contributed by atoms with E-state index in [1.807, 2.05) is 6.07 Å². The van der Waals surface area contributed by atoms with Gasteiger partial charge in [0.05, 0.1) is 11.6 Å². The largest absolute Gasteiger partial charge is 0.456 e. The van der Waals surface area contributed by atoms with Gasteiger partial charge >= 0.3 is 0 Å². The smallest absolute Gasteiger partial charge is 0.251 e. The first-order chi connectivity index (χ1) is 11.0. The molecule has 1 unspecified atom stereocenters. The summed E-state index contributed by atoms with van der Waals surface area (Å²) in [6.07, 6.45) is 0. The zero-order valence-corrected chi connectivity index (χ0v) is 13.2. The number of carbonyl (C=O) groups is 1. The lowest BCUT2D eigenvalue weighted by Gasteiger charge is -2.12. The average Bonchev–Trinajstić information content (AvgIpc) is 2.55. The van der Waals surface area contributed by atoms with Crippen molar-refractivity contribution in [2.24, 2.45) is 0 Å². The van der Waals surface area contributed by atoms with Crippen LogP contribution in [0.1, 0.15) is 22.8 Å². The van der Waals surface area contributed by atoms with E-state index >= 15 is 0 Å². The van der Waals surface area contributed by atoms with Gasteiger partial charge in [-0.15, -0.1) is 0 Å². The van der Waals surface area contributed by atoms with E-state index in [4.69, 9.17) is 26.7 Å². The number of hydrogen-bond donors (Lipinski definition) is 2. The molecule has 0 bridgehead atoms. The molecule has 0 aliphatic rings. The van der Waals surface area contributed by atoms with Crippen molar-refractivity contribution in [1.82, 2.24) is 5.32 Å². The Kier molecular flexibility index (Phi) is 5.58. The topological polar surface area (TPSA) is 82.3 Å². The van der Waals surface area contributed by atoms with Crippen molar-refractivity contribution in [2.45, 2.75) is 13.0 Å². The highest BCUT2D eigenvalue weighted by atomic mass is 35.5. The number of amides is 1. The quantitative estimate of drug-likeness (QED) is 0.882. The molecule has 23 heavy (non-hydrogen) atoms. The molecule has 2 aromatic carbocycles. The number of ether oxygens (including phenoxy) is 1. The summed E-state index contributed by atoms with van der Waals surface area (Å²) in [5.74, 6) is 0.415. The monoisotopic (exact) mass is 330 g/mol. The van der Waals surface area contributed by atoms with Crippen molar-refractivity contribution in [2.75, 3.05) is 6.61 Å². The number of aliphatic hydroxyl groups excluding tert-OH is 1. The number of rotatable bonds is 5. The normalized spacial score (nSPS) is 11.4. The predicted molar refractivity (Wildman–Crippen MR) is 86.7 cm³/mol. The van der Waals surface area contributed by atoms with Crippen LogP contribution in [0, 0.1) is 11.3 Å². The third-order valence-electron chi connectivity index (χ3n) is 3.06. The van der Waals surface area contributed by atoms with Crippen molar-refractivity contribution in [3.8, 4) is 17.6 Å². The van der Waals surface area contributed by atoms with E-state index in [0.717, 1.165) is 0 Å². The van der Waals surface area contributed by atoms with Gasteiger partial charge in [0.25, 0.3) is 5.91 Å². The number of aliphatic hydroxyl groups is 1. The van der Waals surface area contributed by atoms with Gasteiger partial charge in [-0.05, 0) is 37.3 Å². The first-order valence-corrected chi connectivity index (χ1v) is 7.31. The van der Waals surface area contributed by atoms with Crippen LogP contribution in [0.5, 0.6) is 11.5 Å². The highest BCUT2D eigenvalue weighted by molar-refractivity contribution is 6.31. The van der Waals surface area contributed by atoms with Gasteiger partial charge in [-0.1, -0.05) is 23.7 Å². The van der Waals surface area contributed by atoms with E-state index in [9.17, 15) is 4.79 Å². The lowest BCUT2D eigenvalue weighted by Crippen LogP contribution is -2.34. The zero-order chi connectivity index (χ0) is 16.8. The number of nitrogens with zero attached hydrogens (tertiary/aromatic N) is 1. The minimum Gasteiger partial charge on any atom is -0.456 e. The predicted octanol–water partition coefficient (Wildman–Crippen LogP) is 3.11. The molecular weight excluding hydrogens is 316 g/mol. The fraction of sp³-hybridized carbons (Fsp3) is 0.176. The van der Waals surface area contributed by atoms with Crippen LogP contribution in [0.3, 0.4) is 0 Å². The first kappa shape index (κ1) is 16.8. The molecular formula is C17H15ClN2O3. The van der Waals surface area contributed by atoms with Crippen LogP contribution < -0.4 is 10.1 Å². The molecule has 2 N–H and O–H groups in total. The van der Waals surface area contributed by atoms with Gasteiger partial charge in [0.1, 0.15) is 23.1 Å². The lowest BCUT2D eigenvalue weighted by atomic mass is 10.2. The molecule has 0 radical (unpaired) electrons. The lowest BCUT2D eigenvalue weighted by molar-refractivity contribution is 0.0922. The Morgan fingerprint density at radius 1 is 1.39 bits per heavy atom. The molecule has 6 heteroatoms. The fourth-order valence-corrected chi connectivity index (χ4v) is 2.09. The maximum Gasteiger partial charge on any atom is 0.251 e. The van der Waals surface area contributed by atoms with Crippen molar-refractivity contribution >= 4 is 17.5 Å². The third kappa shape index (κ3) is 4.22. The summed E-state index contributed by atoms with van der Waals surface area (Å²) in [6.45, 7) is 1.55. The van der Waals surface area contributed by atoms with Gasteiger partial charge in [-0.25, -0.2) is 0 Å². The van der Waals surface area contributed by atoms with E-state index in [1.165, 1.54) is 0 Å². The van der Waals surface area contributed by atoms with Crippen LogP contribution in [0.4, 0.5) is 0 Å². The van der Waals surface area contributed by atoms with Crippen LogP contribution in [0.2, 0.25) is 5.02 Å². The number of hydrogen-bond acceptors (Lipinski definition) is 4. The summed E-state index contributed by atoms with van der Waals surface area (Å²) in [5.41, 5.74) is 0.626. The van der Waals surface area contributed by atoms with Crippen molar-refractivity contribution in [3.05, 3.63) is 58.6 Å². The highest BCUT2D eigenvalue weighted by Crippen LogP contribution is 2.30. The van der Waals surface area contributed by atoms with Crippen LogP contribution in [-0.2, 0) is 0 Å².